The molecule has 18 heavy (non-hydrogen) atoms. The molecule has 0 saturated carbocycles. The summed E-state index contributed by atoms with van der Waals surface area (Å²) in [6, 6.07) is 5.64. The highest BCUT2D eigenvalue weighted by Crippen LogP contribution is 2.18. The lowest BCUT2D eigenvalue weighted by atomic mass is 10.0. The molecule has 0 saturated heterocycles. The third-order valence-electron chi connectivity index (χ3n) is 2.75. The highest BCUT2D eigenvalue weighted by molar-refractivity contribution is 9.10. The van der Waals surface area contributed by atoms with Crippen molar-refractivity contribution in [2.24, 2.45) is 0 Å². The summed E-state index contributed by atoms with van der Waals surface area (Å²) in [5, 5.41) is 0. The molecular formula is C14H17BrO3. The highest BCUT2D eigenvalue weighted by Gasteiger charge is 2.09. The number of aryl methyl sites for hydroxylation is 1. The van der Waals surface area contributed by atoms with Gasteiger partial charge in [-0.3, -0.25) is 9.59 Å². The lowest BCUT2D eigenvalue weighted by molar-refractivity contribution is -0.140. The minimum atomic E-state index is -0.220. The lowest BCUT2D eigenvalue weighted by Gasteiger charge is -2.05. The fourth-order valence-corrected chi connectivity index (χ4v) is 2.21. The van der Waals surface area contributed by atoms with E-state index < -0.39 is 0 Å². The largest absolute Gasteiger partial charge is 0.469 e. The number of benzene rings is 1. The van der Waals surface area contributed by atoms with Gasteiger partial charge >= 0.3 is 5.97 Å². The number of rotatable bonds is 6. The van der Waals surface area contributed by atoms with Gasteiger partial charge in [0, 0.05) is 22.9 Å². The monoisotopic (exact) mass is 312 g/mol. The number of hydrogen-bond acceptors (Lipinski definition) is 3. The number of hydrogen-bond donors (Lipinski definition) is 0. The van der Waals surface area contributed by atoms with Crippen LogP contribution >= 0.6 is 15.9 Å². The topological polar surface area (TPSA) is 43.4 Å². The summed E-state index contributed by atoms with van der Waals surface area (Å²) in [4.78, 5) is 22.9. The van der Waals surface area contributed by atoms with Crippen molar-refractivity contribution in [3.05, 3.63) is 33.8 Å². The van der Waals surface area contributed by atoms with Crippen LogP contribution in [0, 0.1) is 6.92 Å². The molecule has 1 aromatic carbocycles. The van der Waals surface area contributed by atoms with Gasteiger partial charge in [0.1, 0.15) is 0 Å². The fraction of sp³-hybridized carbons (Fsp3) is 0.429. The van der Waals surface area contributed by atoms with Crippen LogP contribution in [0.1, 0.15) is 41.6 Å². The molecule has 98 valence electrons. The summed E-state index contributed by atoms with van der Waals surface area (Å²) in [5.41, 5.74) is 1.73. The van der Waals surface area contributed by atoms with Crippen molar-refractivity contribution in [3.8, 4) is 0 Å². The zero-order valence-electron chi connectivity index (χ0n) is 10.7. The SMILES string of the molecule is COC(=O)CCCCC(=O)c1ccc(Br)cc1C. The van der Waals surface area contributed by atoms with Crippen molar-refractivity contribution in [2.75, 3.05) is 7.11 Å². The molecule has 1 rings (SSSR count). The predicted octanol–water partition coefficient (Wildman–Crippen LogP) is 3.67. The van der Waals surface area contributed by atoms with Crippen molar-refractivity contribution < 1.29 is 14.3 Å². The minimum Gasteiger partial charge on any atom is -0.469 e. The van der Waals surface area contributed by atoms with E-state index in [0.29, 0.717) is 25.7 Å². The van der Waals surface area contributed by atoms with Gasteiger partial charge in [-0.1, -0.05) is 22.0 Å². The second-order valence-electron chi connectivity index (χ2n) is 4.17. The quantitative estimate of drug-likeness (QED) is 0.457. The van der Waals surface area contributed by atoms with Gasteiger partial charge in [0.2, 0.25) is 0 Å². The van der Waals surface area contributed by atoms with E-state index in [1.807, 2.05) is 25.1 Å². The van der Waals surface area contributed by atoms with Gasteiger partial charge in [-0.2, -0.15) is 0 Å². The molecule has 0 atom stereocenters. The summed E-state index contributed by atoms with van der Waals surface area (Å²) < 4.78 is 5.52. The summed E-state index contributed by atoms with van der Waals surface area (Å²) in [7, 11) is 1.37. The molecule has 0 aliphatic rings. The van der Waals surface area contributed by atoms with Crippen molar-refractivity contribution in [3.63, 3.8) is 0 Å². The molecule has 0 fully saturated rings. The number of ether oxygens (including phenoxy) is 1. The number of methoxy groups -OCH3 is 1. The molecule has 1 aromatic rings. The normalized spacial score (nSPS) is 10.2. The van der Waals surface area contributed by atoms with Gasteiger partial charge in [-0.25, -0.2) is 0 Å². The predicted molar refractivity (Wildman–Crippen MR) is 73.7 cm³/mol. The average Bonchev–Trinajstić information content (AvgIpc) is 2.34. The van der Waals surface area contributed by atoms with Crippen LogP contribution < -0.4 is 0 Å². The number of ketones is 1. The first-order valence-corrected chi connectivity index (χ1v) is 6.70. The van der Waals surface area contributed by atoms with E-state index in [4.69, 9.17) is 0 Å². The smallest absolute Gasteiger partial charge is 0.305 e. The van der Waals surface area contributed by atoms with Crippen LogP contribution in [0.3, 0.4) is 0 Å². The molecule has 0 heterocycles. The molecule has 0 bridgehead atoms. The minimum absolute atomic E-state index is 0.130. The molecular weight excluding hydrogens is 296 g/mol. The van der Waals surface area contributed by atoms with Gasteiger partial charge in [0.25, 0.3) is 0 Å². The van der Waals surface area contributed by atoms with E-state index >= 15 is 0 Å². The van der Waals surface area contributed by atoms with E-state index in [9.17, 15) is 9.59 Å². The second kappa shape index (κ2) is 7.31. The molecule has 0 amide bonds. The van der Waals surface area contributed by atoms with Gasteiger partial charge in [0.15, 0.2) is 5.78 Å². The zero-order chi connectivity index (χ0) is 13.5. The van der Waals surface area contributed by atoms with E-state index in [0.717, 1.165) is 15.6 Å². The van der Waals surface area contributed by atoms with Crippen LogP contribution in [0.25, 0.3) is 0 Å². The molecule has 0 spiro atoms. The van der Waals surface area contributed by atoms with Gasteiger partial charge in [-0.15, -0.1) is 0 Å². The van der Waals surface area contributed by atoms with Crippen LogP contribution in [-0.2, 0) is 9.53 Å². The van der Waals surface area contributed by atoms with E-state index in [1.165, 1.54) is 7.11 Å². The molecule has 0 N–H and O–H groups in total. The van der Waals surface area contributed by atoms with Crippen molar-refractivity contribution in [2.45, 2.75) is 32.6 Å². The molecule has 0 aliphatic carbocycles. The Balaban J connectivity index is 2.43. The molecule has 0 unspecified atom stereocenters. The van der Waals surface area contributed by atoms with Gasteiger partial charge in [-0.05, 0) is 37.5 Å². The lowest BCUT2D eigenvalue weighted by Crippen LogP contribution is -2.03. The first-order chi connectivity index (χ1) is 8.54. The Morgan fingerprint density at radius 2 is 1.89 bits per heavy atom. The van der Waals surface area contributed by atoms with Crippen LogP contribution in [0.2, 0.25) is 0 Å². The molecule has 0 aliphatic heterocycles. The summed E-state index contributed by atoms with van der Waals surface area (Å²) >= 11 is 3.37. The highest BCUT2D eigenvalue weighted by atomic mass is 79.9. The number of unbranched alkanes of at least 4 members (excludes halogenated alkanes) is 1. The van der Waals surface area contributed by atoms with Gasteiger partial charge < -0.3 is 4.74 Å². The maximum absolute atomic E-state index is 12.0. The van der Waals surface area contributed by atoms with Gasteiger partial charge in [0.05, 0.1) is 7.11 Å². The van der Waals surface area contributed by atoms with Crippen LogP contribution in [-0.4, -0.2) is 18.9 Å². The van der Waals surface area contributed by atoms with E-state index in [2.05, 4.69) is 20.7 Å². The average molecular weight is 313 g/mol. The Morgan fingerprint density at radius 1 is 1.22 bits per heavy atom. The Labute approximate surface area is 116 Å². The Morgan fingerprint density at radius 3 is 2.50 bits per heavy atom. The third-order valence-corrected chi connectivity index (χ3v) is 3.24. The summed E-state index contributed by atoms with van der Waals surface area (Å²) in [6.07, 6.45) is 2.25. The summed E-state index contributed by atoms with van der Waals surface area (Å²) in [6.45, 7) is 1.92. The zero-order valence-corrected chi connectivity index (χ0v) is 12.2. The maximum Gasteiger partial charge on any atom is 0.305 e. The number of carbonyl (C=O) groups excluding carboxylic acids is 2. The number of Topliss-reactive ketones (excluding diaryl/α,β-unsaturated/α-hetero) is 1. The third kappa shape index (κ3) is 4.61. The first-order valence-electron chi connectivity index (χ1n) is 5.90. The van der Waals surface area contributed by atoms with E-state index in [1.54, 1.807) is 0 Å². The molecule has 0 aromatic heterocycles. The van der Waals surface area contributed by atoms with E-state index in [-0.39, 0.29) is 11.8 Å². The molecule has 3 nitrogen and oxygen atoms in total. The van der Waals surface area contributed by atoms with Crippen LogP contribution in [0.4, 0.5) is 0 Å². The van der Waals surface area contributed by atoms with Crippen LogP contribution in [0.5, 0.6) is 0 Å². The molecule has 4 heteroatoms. The van der Waals surface area contributed by atoms with Crippen molar-refractivity contribution in [1.82, 2.24) is 0 Å². The van der Waals surface area contributed by atoms with Crippen molar-refractivity contribution >= 4 is 27.7 Å². The Kier molecular flexibility index (Phi) is 6.05. The second-order valence-corrected chi connectivity index (χ2v) is 5.08. The number of esters is 1. The van der Waals surface area contributed by atoms with Crippen molar-refractivity contribution in [1.29, 1.82) is 0 Å². The summed E-state index contributed by atoms with van der Waals surface area (Å²) in [5.74, 6) is -0.0906. The Hall–Kier alpha value is -1.16. The molecule has 0 radical (unpaired) electrons. The fourth-order valence-electron chi connectivity index (χ4n) is 1.73. The van der Waals surface area contributed by atoms with Crippen LogP contribution in [0.15, 0.2) is 22.7 Å². The maximum atomic E-state index is 12.0. The standard InChI is InChI=1S/C14H17BrO3/c1-10-9-11(15)7-8-12(10)13(16)5-3-4-6-14(17)18-2/h7-9H,3-6H2,1-2H3. The first kappa shape index (κ1) is 14.9. The Bertz CT molecular complexity index is 441. The number of carbonyl (C=O) groups is 2. The number of halogens is 1.